The maximum Gasteiger partial charge on any atom is 0.138 e. The largest absolute Gasteiger partial charge is 0.411 e. The average molecular weight is 240 g/mol. The lowest BCUT2D eigenvalue weighted by molar-refractivity contribution is 0.319. The average Bonchev–Trinajstić information content (AvgIpc) is 2.31. The number of halogens is 2. The van der Waals surface area contributed by atoms with Crippen molar-refractivity contribution in [1.82, 2.24) is 0 Å². The van der Waals surface area contributed by atoms with Crippen LogP contribution in [0.25, 0.3) is 0 Å². The Morgan fingerprint density at radius 1 is 1.56 bits per heavy atom. The second kappa shape index (κ2) is 6.14. The van der Waals surface area contributed by atoms with E-state index in [0.717, 1.165) is 0 Å². The smallest absolute Gasteiger partial charge is 0.138 e. The van der Waals surface area contributed by atoms with Crippen molar-refractivity contribution >= 4 is 17.3 Å². The fourth-order valence-corrected chi connectivity index (χ4v) is 1.20. The molecule has 0 radical (unpaired) electrons. The van der Waals surface area contributed by atoms with Gasteiger partial charge in [-0.25, -0.2) is 4.39 Å². The van der Waals surface area contributed by atoms with Crippen LogP contribution in [0.4, 0.5) is 4.39 Å². The molecule has 0 fully saturated rings. The minimum atomic E-state index is -0.392. The molecular formula is C12H11ClFNO. The number of alkyl halides is 1. The van der Waals surface area contributed by atoms with Gasteiger partial charge in [-0.3, -0.25) is 0 Å². The van der Waals surface area contributed by atoms with Gasteiger partial charge >= 0.3 is 0 Å². The van der Waals surface area contributed by atoms with E-state index in [1.54, 1.807) is 13.0 Å². The quantitative estimate of drug-likeness (QED) is 0.278. The zero-order chi connectivity index (χ0) is 12.0. The molecule has 0 unspecified atom stereocenters. The third-order valence-corrected chi connectivity index (χ3v) is 2.17. The van der Waals surface area contributed by atoms with Crippen LogP contribution >= 0.6 is 11.6 Å². The van der Waals surface area contributed by atoms with Gasteiger partial charge in [-0.2, -0.15) is 0 Å². The first-order chi connectivity index (χ1) is 7.69. The van der Waals surface area contributed by atoms with Crippen LogP contribution in [0.1, 0.15) is 24.5 Å². The summed E-state index contributed by atoms with van der Waals surface area (Å²) < 4.78 is 13.3. The van der Waals surface area contributed by atoms with E-state index in [1.807, 2.05) is 0 Å². The van der Waals surface area contributed by atoms with Crippen LogP contribution in [0.15, 0.2) is 23.4 Å². The van der Waals surface area contributed by atoms with Gasteiger partial charge in [0.2, 0.25) is 0 Å². The molecule has 2 nitrogen and oxygen atoms in total. The molecule has 1 aromatic carbocycles. The molecule has 0 aliphatic rings. The highest BCUT2D eigenvalue weighted by molar-refractivity contribution is 6.18. The van der Waals surface area contributed by atoms with Crippen molar-refractivity contribution in [2.24, 2.45) is 5.16 Å². The molecule has 0 bridgehead atoms. The summed E-state index contributed by atoms with van der Waals surface area (Å²) in [5.41, 5.74) is 1.34. The van der Waals surface area contributed by atoms with Crippen LogP contribution in [-0.4, -0.2) is 16.8 Å². The third kappa shape index (κ3) is 3.25. The number of benzene rings is 1. The van der Waals surface area contributed by atoms with E-state index < -0.39 is 5.82 Å². The van der Waals surface area contributed by atoms with Crippen LogP contribution in [0, 0.1) is 17.7 Å². The van der Waals surface area contributed by atoms with Gasteiger partial charge < -0.3 is 5.21 Å². The molecule has 0 amide bonds. The summed E-state index contributed by atoms with van der Waals surface area (Å²) in [7, 11) is 0. The fraction of sp³-hybridized carbons (Fsp3) is 0.250. The predicted molar refractivity (Wildman–Crippen MR) is 62.6 cm³/mol. The highest BCUT2D eigenvalue weighted by Gasteiger charge is 2.03. The fourth-order valence-electron chi connectivity index (χ4n) is 1.11. The minimum absolute atomic E-state index is 0.283. The second-order valence-electron chi connectivity index (χ2n) is 3.12. The summed E-state index contributed by atoms with van der Waals surface area (Å²) >= 11 is 5.46. The van der Waals surface area contributed by atoms with Gasteiger partial charge in [0.1, 0.15) is 5.82 Å². The Morgan fingerprint density at radius 3 is 2.94 bits per heavy atom. The first-order valence-electron chi connectivity index (χ1n) is 4.72. The van der Waals surface area contributed by atoms with E-state index in [2.05, 4.69) is 17.0 Å². The molecule has 0 heterocycles. The van der Waals surface area contributed by atoms with Gasteiger partial charge in [0.15, 0.2) is 0 Å². The summed E-state index contributed by atoms with van der Waals surface area (Å²) in [5.74, 6) is 5.47. The number of rotatable bonds is 2. The van der Waals surface area contributed by atoms with Crippen LogP contribution in [-0.2, 0) is 0 Å². The number of hydrogen-bond acceptors (Lipinski definition) is 2. The van der Waals surface area contributed by atoms with Crippen LogP contribution in [0.3, 0.4) is 0 Å². The van der Waals surface area contributed by atoms with Gasteiger partial charge in [0.05, 0.1) is 11.3 Å². The van der Waals surface area contributed by atoms with E-state index in [-0.39, 0.29) is 5.56 Å². The van der Waals surface area contributed by atoms with Crippen molar-refractivity contribution in [2.45, 2.75) is 13.3 Å². The molecule has 0 saturated heterocycles. The first kappa shape index (κ1) is 12.5. The molecule has 4 heteroatoms. The number of nitrogens with zero attached hydrogens (tertiary/aromatic N) is 1. The van der Waals surface area contributed by atoms with Crippen molar-refractivity contribution in [2.75, 3.05) is 5.88 Å². The first-order valence-corrected chi connectivity index (χ1v) is 5.26. The standard InChI is InChI=1S/C12H11ClFNO/c1-9(15-16)10-5-6-12(14)11(8-10)4-2-3-7-13/h5-6,8,16H,3,7H2,1H3/b15-9-. The molecule has 0 atom stereocenters. The van der Waals surface area contributed by atoms with E-state index in [4.69, 9.17) is 16.8 Å². The molecule has 0 saturated carbocycles. The van der Waals surface area contributed by atoms with Gasteiger partial charge in [-0.15, -0.1) is 11.6 Å². The molecule has 0 aromatic heterocycles. The third-order valence-electron chi connectivity index (χ3n) is 1.98. The highest BCUT2D eigenvalue weighted by atomic mass is 35.5. The molecule has 1 N–H and O–H groups in total. The molecule has 0 aliphatic heterocycles. The summed E-state index contributed by atoms with van der Waals surface area (Å²) in [6.07, 6.45) is 0.512. The lowest BCUT2D eigenvalue weighted by Gasteiger charge is -2.00. The van der Waals surface area contributed by atoms with Gasteiger partial charge in [0.25, 0.3) is 0 Å². The Hall–Kier alpha value is -1.53. The maximum atomic E-state index is 13.3. The maximum absolute atomic E-state index is 13.3. The van der Waals surface area contributed by atoms with Gasteiger partial charge in [-0.05, 0) is 19.1 Å². The SMILES string of the molecule is C/C(=N/O)c1ccc(F)c(C#CCCCl)c1. The van der Waals surface area contributed by atoms with Gasteiger partial charge in [-0.1, -0.05) is 23.1 Å². The van der Waals surface area contributed by atoms with E-state index in [9.17, 15) is 4.39 Å². The Balaban J connectivity index is 3.06. The summed E-state index contributed by atoms with van der Waals surface area (Å²) in [4.78, 5) is 0. The summed E-state index contributed by atoms with van der Waals surface area (Å²) in [6.45, 7) is 1.63. The van der Waals surface area contributed by atoms with Crippen LogP contribution < -0.4 is 0 Å². The zero-order valence-electron chi connectivity index (χ0n) is 8.80. The summed E-state index contributed by atoms with van der Waals surface area (Å²) in [6, 6.07) is 4.39. The number of oxime groups is 1. The molecule has 16 heavy (non-hydrogen) atoms. The van der Waals surface area contributed by atoms with Crippen molar-refractivity contribution in [3.8, 4) is 11.8 Å². The van der Waals surface area contributed by atoms with Crippen molar-refractivity contribution in [1.29, 1.82) is 0 Å². The minimum Gasteiger partial charge on any atom is -0.411 e. The highest BCUT2D eigenvalue weighted by Crippen LogP contribution is 2.10. The summed E-state index contributed by atoms with van der Waals surface area (Å²) in [5, 5.41) is 11.7. The molecule has 0 aliphatic carbocycles. The molecule has 84 valence electrons. The van der Waals surface area contributed by atoms with Crippen LogP contribution in [0.5, 0.6) is 0 Å². The Bertz CT molecular complexity index is 460. The Morgan fingerprint density at radius 2 is 2.31 bits per heavy atom. The van der Waals surface area contributed by atoms with Crippen molar-refractivity contribution < 1.29 is 9.60 Å². The van der Waals surface area contributed by atoms with E-state index in [0.29, 0.717) is 23.6 Å². The topological polar surface area (TPSA) is 32.6 Å². The molecular weight excluding hydrogens is 229 g/mol. The van der Waals surface area contributed by atoms with Crippen LogP contribution in [0.2, 0.25) is 0 Å². The lowest BCUT2D eigenvalue weighted by atomic mass is 10.1. The van der Waals surface area contributed by atoms with Crippen molar-refractivity contribution in [3.63, 3.8) is 0 Å². The monoisotopic (exact) mass is 239 g/mol. The molecule has 1 aromatic rings. The number of hydrogen-bond donors (Lipinski definition) is 1. The van der Waals surface area contributed by atoms with E-state index >= 15 is 0 Å². The Kier molecular flexibility index (Phi) is 4.81. The molecule has 1 rings (SSSR count). The second-order valence-corrected chi connectivity index (χ2v) is 3.50. The van der Waals surface area contributed by atoms with E-state index in [1.165, 1.54) is 12.1 Å². The van der Waals surface area contributed by atoms with Crippen molar-refractivity contribution in [3.05, 3.63) is 35.1 Å². The zero-order valence-corrected chi connectivity index (χ0v) is 9.55. The normalized spacial score (nSPS) is 10.8. The predicted octanol–water partition coefficient (Wildman–Crippen LogP) is 3.00. The Labute approximate surface area is 98.7 Å². The van der Waals surface area contributed by atoms with Gasteiger partial charge in [0, 0.05) is 17.9 Å². The lowest BCUT2D eigenvalue weighted by Crippen LogP contribution is -1.96. The molecule has 0 spiro atoms.